The number of halogens is 2. The van der Waals surface area contributed by atoms with E-state index in [0.717, 1.165) is 12.1 Å². The number of nitrogens with zero attached hydrogens (tertiary/aromatic N) is 3. The highest BCUT2D eigenvalue weighted by atomic mass is 32.2. The van der Waals surface area contributed by atoms with E-state index in [1.165, 1.54) is 12.3 Å². The number of nitrogens with two attached hydrogens (primary N) is 1. The number of hydrogen-bond donors (Lipinski definition) is 1. The van der Waals surface area contributed by atoms with Crippen molar-refractivity contribution in [2.45, 2.75) is 10.1 Å². The Kier molecular flexibility index (Phi) is 3.39. The van der Waals surface area contributed by atoms with Gasteiger partial charge >= 0.3 is 0 Å². The molecule has 0 unspecified atom stereocenters. The molecule has 90 valence electrons. The fourth-order valence-corrected chi connectivity index (χ4v) is 1.97. The lowest BCUT2D eigenvalue weighted by molar-refractivity contribution is 0.541. The summed E-state index contributed by atoms with van der Waals surface area (Å²) in [5.74, 6) is -1.58. The van der Waals surface area contributed by atoms with Gasteiger partial charge in [0.05, 0.1) is 4.90 Å². The van der Waals surface area contributed by atoms with Gasteiger partial charge in [0.1, 0.15) is 23.4 Å². The lowest BCUT2D eigenvalue weighted by Crippen LogP contribution is -1.95. The molecule has 0 radical (unpaired) electrons. The topological polar surface area (TPSA) is 75.6 Å². The number of rotatable bonds is 2. The summed E-state index contributed by atoms with van der Waals surface area (Å²) in [5, 5.41) is 8.75. The third-order valence-electron chi connectivity index (χ3n) is 1.96. The molecular formula is C11H6F2N4S. The summed E-state index contributed by atoms with van der Waals surface area (Å²) in [6.45, 7) is 0. The normalized spacial score (nSPS) is 10.1. The summed E-state index contributed by atoms with van der Waals surface area (Å²) in [4.78, 5) is 7.39. The van der Waals surface area contributed by atoms with Gasteiger partial charge in [-0.05, 0) is 30.0 Å². The van der Waals surface area contributed by atoms with E-state index in [-0.39, 0.29) is 21.4 Å². The average Bonchev–Trinajstić information content (AvgIpc) is 2.34. The molecule has 0 saturated heterocycles. The highest BCUT2D eigenvalue weighted by molar-refractivity contribution is 7.99. The minimum absolute atomic E-state index is 0.000967. The van der Waals surface area contributed by atoms with Crippen molar-refractivity contribution in [3.05, 3.63) is 41.7 Å². The highest BCUT2D eigenvalue weighted by Gasteiger charge is 2.13. The first-order valence-electron chi connectivity index (χ1n) is 4.75. The van der Waals surface area contributed by atoms with E-state index < -0.39 is 11.6 Å². The third-order valence-corrected chi connectivity index (χ3v) is 2.94. The standard InChI is InChI=1S/C11H6F2N4S/c12-8-3-6(15)4-9(13)10(8)18-11-16-2-1-7(5-14)17-11/h1-4H,15H2. The Morgan fingerprint density at radius 2 is 1.94 bits per heavy atom. The zero-order valence-electron chi connectivity index (χ0n) is 8.89. The maximum Gasteiger partial charge on any atom is 0.193 e. The monoisotopic (exact) mass is 264 g/mol. The fourth-order valence-electron chi connectivity index (χ4n) is 1.22. The van der Waals surface area contributed by atoms with Crippen LogP contribution < -0.4 is 5.73 Å². The van der Waals surface area contributed by atoms with Gasteiger partial charge < -0.3 is 5.73 Å². The number of benzene rings is 1. The van der Waals surface area contributed by atoms with Gasteiger partial charge in [-0.3, -0.25) is 0 Å². The summed E-state index contributed by atoms with van der Waals surface area (Å²) in [6, 6.07) is 5.25. The predicted octanol–water partition coefficient (Wildman–Crippen LogP) is 2.36. The summed E-state index contributed by atoms with van der Waals surface area (Å²) in [6.07, 6.45) is 1.35. The Morgan fingerprint density at radius 3 is 2.56 bits per heavy atom. The van der Waals surface area contributed by atoms with Crippen molar-refractivity contribution >= 4 is 17.4 Å². The molecule has 0 aliphatic heterocycles. The first kappa shape index (κ1) is 12.3. The summed E-state index contributed by atoms with van der Waals surface area (Å²) >= 11 is 0.700. The molecule has 0 fully saturated rings. The molecule has 1 aromatic carbocycles. The number of nitriles is 1. The number of aromatic nitrogens is 2. The largest absolute Gasteiger partial charge is 0.399 e. The van der Waals surface area contributed by atoms with Crippen molar-refractivity contribution in [1.82, 2.24) is 9.97 Å². The van der Waals surface area contributed by atoms with Crippen LogP contribution in [-0.4, -0.2) is 9.97 Å². The molecule has 1 aromatic heterocycles. The third kappa shape index (κ3) is 2.55. The fraction of sp³-hybridized carbons (Fsp3) is 0. The molecule has 1 heterocycles. The molecule has 0 amide bonds. The van der Waals surface area contributed by atoms with Gasteiger partial charge in [-0.25, -0.2) is 18.7 Å². The van der Waals surface area contributed by atoms with Crippen LogP contribution in [0.25, 0.3) is 0 Å². The van der Waals surface area contributed by atoms with Crippen LogP contribution in [0.1, 0.15) is 5.69 Å². The summed E-state index contributed by atoms with van der Waals surface area (Å²) in [7, 11) is 0. The minimum atomic E-state index is -0.788. The molecule has 0 atom stereocenters. The molecule has 2 N–H and O–H groups in total. The van der Waals surface area contributed by atoms with E-state index in [1.54, 1.807) is 0 Å². The molecule has 2 rings (SSSR count). The van der Waals surface area contributed by atoms with E-state index in [4.69, 9.17) is 11.0 Å². The van der Waals surface area contributed by atoms with Gasteiger partial charge in [-0.2, -0.15) is 5.26 Å². The van der Waals surface area contributed by atoms with E-state index in [9.17, 15) is 8.78 Å². The highest BCUT2D eigenvalue weighted by Crippen LogP contribution is 2.31. The van der Waals surface area contributed by atoms with Gasteiger partial charge in [0.25, 0.3) is 0 Å². The lowest BCUT2D eigenvalue weighted by Gasteiger charge is -2.04. The maximum atomic E-state index is 13.5. The molecule has 0 spiro atoms. The van der Waals surface area contributed by atoms with Crippen LogP contribution in [0.4, 0.5) is 14.5 Å². The van der Waals surface area contributed by atoms with Gasteiger partial charge in [-0.1, -0.05) is 0 Å². The molecule has 2 aromatic rings. The molecule has 0 bridgehead atoms. The first-order chi connectivity index (χ1) is 8.60. The van der Waals surface area contributed by atoms with Crippen LogP contribution in [0.5, 0.6) is 0 Å². The molecular weight excluding hydrogens is 258 g/mol. The van der Waals surface area contributed by atoms with Crippen molar-refractivity contribution in [2.24, 2.45) is 0 Å². The Bertz CT molecular complexity index is 616. The molecule has 4 nitrogen and oxygen atoms in total. The second kappa shape index (κ2) is 4.98. The SMILES string of the molecule is N#Cc1ccnc(Sc2c(F)cc(N)cc2F)n1. The van der Waals surface area contributed by atoms with Gasteiger partial charge in [-0.15, -0.1) is 0 Å². The van der Waals surface area contributed by atoms with E-state index in [0.29, 0.717) is 11.8 Å². The quantitative estimate of drug-likeness (QED) is 0.665. The molecule has 0 aliphatic rings. The Hall–Kier alpha value is -2.20. The number of anilines is 1. The van der Waals surface area contributed by atoms with Crippen LogP contribution in [0, 0.1) is 23.0 Å². The van der Waals surface area contributed by atoms with Crippen LogP contribution >= 0.6 is 11.8 Å². The van der Waals surface area contributed by atoms with Crippen molar-refractivity contribution in [3.63, 3.8) is 0 Å². The van der Waals surface area contributed by atoms with E-state index >= 15 is 0 Å². The Morgan fingerprint density at radius 1 is 1.28 bits per heavy atom. The molecule has 0 saturated carbocycles. The number of nitrogen functional groups attached to an aromatic ring is 1. The second-order valence-electron chi connectivity index (χ2n) is 3.25. The van der Waals surface area contributed by atoms with Crippen molar-refractivity contribution in [1.29, 1.82) is 5.26 Å². The maximum absolute atomic E-state index is 13.5. The smallest absolute Gasteiger partial charge is 0.193 e. The van der Waals surface area contributed by atoms with Crippen molar-refractivity contribution < 1.29 is 8.78 Å². The van der Waals surface area contributed by atoms with Crippen molar-refractivity contribution in [2.75, 3.05) is 5.73 Å². The molecule has 0 aliphatic carbocycles. The summed E-state index contributed by atoms with van der Waals surface area (Å²) in [5.41, 5.74) is 5.43. The Balaban J connectivity index is 2.37. The number of hydrogen-bond acceptors (Lipinski definition) is 5. The van der Waals surface area contributed by atoms with E-state index in [1.807, 2.05) is 6.07 Å². The minimum Gasteiger partial charge on any atom is -0.399 e. The first-order valence-corrected chi connectivity index (χ1v) is 5.57. The van der Waals surface area contributed by atoms with Crippen LogP contribution in [0.3, 0.4) is 0 Å². The van der Waals surface area contributed by atoms with Crippen LogP contribution in [0.2, 0.25) is 0 Å². The van der Waals surface area contributed by atoms with Crippen LogP contribution in [0.15, 0.2) is 34.4 Å². The zero-order chi connectivity index (χ0) is 13.1. The van der Waals surface area contributed by atoms with E-state index in [2.05, 4.69) is 9.97 Å². The van der Waals surface area contributed by atoms with Gasteiger partial charge in [0, 0.05) is 11.9 Å². The predicted molar refractivity (Wildman–Crippen MR) is 61.6 cm³/mol. The molecule has 18 heavy (non-hydrogen) atoms. The lowest BCUT2D eigenvalue weighted by atomic mass is 10.3. The van der Waals surface area contributed by atoms with Crippen LogP contribution in [-0.2, 0) is 0 Å². The molecule has 7 heteroatoms. The zero-order valence-corrected chi connectivity index (χ0v) is 9.71. The van der Waals surface area contributed by atoms with Gasteiger partial charge in [0.2, 0.25) is 0 Å². The van der Waals surface area contributed by atoms with Gasteiger partial charge in [0.15, 0.2) is 5.16 Å². The Labute approximate surface area is 105 Å². The summed E-state index contributed by atoms with van der Waals surface area (Å²) < 4.78 is 27.0. The second-order valence-corrected chi connectivity index (χ2v) is 4.23. The average molecular weight is 264 g/mol. The van der Waals surface area contributed by atoms with Crippen molar-refractivity contribution in [3.8, 4) is 6.07 Å².